The summed E-state index contributed by atoms with van der Waals surface area (Å²) in [6.45, 7) is 8.39. The number of rotatable bonds is 3. The molecule has 4 rings (SSSR count). The molecule has 0 unspecified atom stereocenters. The van der Waals surface area contributed by atoms with Gasteiger partial charge in [0.15, 0.2) is 0 Å². The summed E-state index contributed by atoms with van der Waals surface area (Å²) >= 11 is 0. The number of allylic oxidation sites excluding steroid dienone is 4. The van der Waals surface area contributed by atoms with Gasteiger partial charge in [-0.15, -0.1) is 0 Å². The van der Waals surface area contributed by atoms with E-state index in [2.05, 4.69) is 94.5 Å². The van der Waals surface area contributed by atoms with Gasteiger partial charge in [-0.1, -0.05) is 60.7 Å². The monoisotopic (exact) mass is 358 g/mol. The maximum atomic E-state index is 6.32. The van der Waals surface area contributed by atoms with Crippen molar-refractivity contribution in [2.24, 2.45) is 0 Å². The predicted molar refractivity (Wildman–Crippen MR) is 114 cm³/mol. The van der Waals surface area contributed by atoms with E-state index >= 15 is 0 Å². The Morgan fingerprint density at radius 2 is 1.44 bits per heavy atom. The Morgan fingerprint density at radius 1 is 0.778 bits per heavy atom. The fourth-order valence-corrected chi connectivity index (χ4v) is 3.56. The third-order valence-corrected chi connectivity index (χ3v) is 5.92. The van der Waals surface area contributed by atoms with Gasteiger partial charge in [-0.3, -0.25) is 0 Å². The molecule has 2 aliphatic rings. The van der Waals surface area contributed by atoms with Crippen LogP contribution in [0.3, 0.4) is 0 Å². The molecule has 2 aromatic carbocycles. The first kappa shape index (κ1) is 18.3. The van der Waals surface area contributed by atoms with Crippen LogP contribution in [0.25, 0.3) is 16.7 Å². The Bertz CT molecular complexity index is 878. The molecule has 3 heteroatoms. The summed E-state index contributed by atoms with van der Waals surface area (Å²) in [4.78, 5) is 0. The van der Waals surface area contributed by atoms with E-state index in [0.29, 0.717) is 0 Å². The Labute approximate surface area is 163 Å². The minimum absolute atomic E-state index is 0.343. The van der Waals surface area contributed by atoms with Gasteiger partial charge in [0.25, 0.3) is 0 Å². The number of hydrogen-bond donors (Lipinski definition) is 0. The molecule has 2 nitrogen and oxygen atoms in total. The summed E-state index contributed by atoms with van der Waals surface area (Å²) in [5.74, 6) is 0. The zero-order valence-electron chi connectivity index (χ0n) is 16.7. The van der Waals surface area contributed by atoms with Crippen molar-refractivity contribution in [3.63, 3.8) is 0 Å². The lowest BCUT2D eigenvalue weighted by molar-refractivity contribution is 0.00578. The van der Waals surface area contributed by atoms with Gasteiger partial charge < -0.3 is 9.31 Å². The molecule has 0 spiro atoms. The van der Waals surface area contributed by atoms with E-state index in [-0.39, 0.29) is 18.3 Å². The van der Waals surface area contributed by atoms with Crippen LogP contribution in [-0.4, -0.2) is 18.3 Å². The molecule has 1 fully saturated rings. The molecule has 0 atom stereocenters. The fraction of sp³-hybridized carbons (Fsp3) is 0.333. The highest BCUT2D eigenvalue weighted by molar-refractivity contribution is 6.62. The molecule has 0 saturated carbocycles. The first-order chi connectivity index (χ1) is 12.9. The number of benzene rings is 2. The van der Waals surface area contributed by atoms with Crippen LogP contribution in [0.1, 0.15) is 46.1 Å². The van der Waals surface area contributed by atoms with Crippen LogP contribution in [0.4, 0.5) is 0 Å². The van der Waals surface area contributed by atoms with Crippen molar-refractivity contribution in [3.05, 3.63) is 72.3 Å². The molecule has 0 bridgehead atoms. The van der Waals surface area contributed by atoms with Crippen molar-refractivity contribution in [1.82, 2.24) is 0 Å². The standard InChI is InChI=1S/C24H27BO2/c1-23(2)24(3,4)27-25(26-23)22-16-20(18-11-7-5-8-12-18)15-21(17-22)19-13-9-6-10-14-19/h5,7-9,11-17H,6,10H2,1-4H3. The minimum atomic E-state index is -0.356. The van der Waals surface area contributed by atoms with Crippen molar-refractivity contribution in [1.29, 1.82) is 0 Å². The van der Waals surface area contributed by atoms with E-state index in [0.717, 1.165) is 18.3 Å². The van der Waals surface area contributed by atoms with Gasteiger partial charge in [-0.05, 0) is 74.3 Å². The molecule has 1 aliphatic carbocycles. The van der Waals surface area contributed by atoms with E-state index < -0.39 is 0 Å². The van der Waals surface area contributed by atoms with Crippen molar-refractivity contribution < 1.29 is 9.31 Å². The summed E-state index contributed by atoms with van der Waals surface area (Å²) in [7, 11) is -0.356. The van der Waals surface area contributed by atoms with Crippen LogP contribution in [0.2, 0.25) is 0 Å². The van der Waals surface area contributed by atoms with Crippen molar-refractivity contribution in [2.75, 3.05) is 0 Å². The highest BCUT2D eigenvalue weighted by Gasteiger charge is 2.51. The van der Waals surface area contributed by atoms with Gasteiger partial charge in [0.05, 0.1) is 11.2 Å². The maximum Gasteiger partial charge on any atom is 0.494 e. The first-order valence-corrected chi connectivity index (χ1v) is 9.79. The van der Waals surface area contributed by atoms with Gasteiger partial charge >= 0.3 is 7.12 Å². The average molecular weight is 358 g/mol. The summed E-state index contributed by atoms with van der Waals surface area (Å²) in [6, 6.07) is 17.2. The highest BCUT2D eigenvalue weighted by Crippen LogP contribution is 2.37. The normalized spacial score (nSPS) is 20.6. The molecule has 0 amide bonds. The molecule has 1 heterocycles. The highest BCUT2D eigenvalue weighted by atomic mass is 16.7. The Balaban J connectivity index is 1.80. The lowest BCUT2D eigenvalue weighted by Gasteiger charge is -2.32. The van der Waals surface area contributed by atoms with Crippen molar-refractivity contribution >= 4 is 18.2 Å². The van der Waals surface area contributed by atoms with Gasteiger partial charge in [-0.2, -0.15) is 0 Å². The molecule has 2 aromatic rings. The largest absolute Gasteiger partial charge is 0.494 e. The summed E-state index contributed by atoms with van der Waals surface area (Å²) in [5.41, 5.74) is 5.28. The van der Waals surface area contributed by atoms with Crippen LogP contribution < -0.4 is 5.46 Å². The average Bonchev–Trinajstić information content (AvgIpc) is 2.90. The lowest BCUT2D eigenvalue weighted by atomic mass is 9.76. The van der Waals surface area contributed by atoms with Crippen LogP contribution in [0.5, 0.6) is 0 Å². The van der Waals surface area contributed by atoms with Crippen molar-refractivity contribution in [2.45, 2.75) is 51.7 Å². The molecule has 0 N–H and O–H groups in total. The SMILES string of the molecule is CC1(C)OB(c2cc(C3=CCCC=C3)cc(-c3ccccc3)c2)OC1(C)C. The Kier molecular flexibility index (Phi) is 4.61. The Hall–Kier alpha value is -2.10. The van der Waals surface area contributed by atoms with Crippen LogP contribution in [-0.2, 0) is 9.31 Å². The topological polar surface area (TPSA) is 18.5 Å². The summed E-state index contributed by atoms with van der Waals surface area (Å²) in [5, 5.41) is 0. The smallest absolute Gasteiger partial charge is 0.399 e. The molecule has 1 saturated heterocycles. The van der Waals surface area contributed by atoms with Gasteiger partial charge in [-0.25, -0.2) is 0 Å². The van der Waals surface area contributed by atoms with Crippen LogP contribution in [0.15, 0.2) is 66.8 Å². The first-order valence-electron chi connectivity index (χ1n) is 9.79. The molecule has 0 aromatic heterocycles. The zero-order valence-corrected chi connectivity index (χ0v) is 16.7. The predicted octanol–water partition coefficient (Wildman–Crippen LogP) is 5.39. The molecular formula is C24H27BO2. The van der Waals surface area contributed by atoms with E-state index in [9.17, 15) is 0 Å². The minimum Gasteiger partial charge on any atom is -0.399 e. The third-order valence-electron chi connectivity index (χ3n) is 5.92. The molecule has 138 valence electrons. The quantitative estimate of drug-likeness (QED) is 0.685. The number of hydrogen-bond acceptors (Lipinski definition) is 2. The van der Waals surface area contributed by atoms with E-state index in [4.69, 9.17) is 9.31 Å². The van der Waals surface area contributed by atoms with E-state index in [1.54, 1.807) is 0 Å². The van der Waals surface area contributed by atoms with Crippen LogP contribution in [0, 0.1) is 0 Å². The molecule has 27 heavy (non-hydrogen) atoms. The second-order valence-electron chi connectivity index (χ2n) is 8.44. The zero-order chi connectivity index (χ0) is 19.1. The molecule has 0 radical (unpaired) electrons. The Morgan fingerprint density at radius 3 is 2.07 bits per heavy atom. The van der Waals surface area contributed by atoms with Gasteiger partial charge in [0.2, 0.25) is 0 Å². The second-order valence-corrected chi connectivity index (χ2v) is 8.44. The molecule has 1 aliphatic heterocycles. The fourth-order valence-electron chi connectivity index (χ4n) is 3.56. The van der Waals surface area contributed by atoms with E-state index in [1.165, 1.54) is 22.3 Å². The van der Waals surface area contributed by atoms with Gasteiger partial charge in [0, 0.05) is 0 Å². The van der Waals surface area contributed by atoms with Crippen LogP contribution >= 0.6 is 0 Å². The van der Waals surface area contributed by atoms with Crippen molar-refractivity contribution in [3.8, 4) is 11.1 Å². The maximum absolute atomic E-state index is 6.32. The summed E-state index contributed by atoms with van der Waals surface area (Å²) < 4.78 is 12.6. The van der Waals surface area contributed by atoms with E-state index in [1.807, 2.05) is 0 Å². The molecular weight excluding hydrogens is 331 g/mol. The second kappa shape index (κ2) is 6.81. The van der Waals surface area contributed by atoms with Gasteiger partial charge in [0.1, 0.15) is 0 Å². The lowest BCUT2D eigenvalue weighted by Crippen LogP contribution is -2.41. The third kappa shape index (κ3) is 3.54. The summed E-state index contributed by atoms with van der Waals surface area (Å²) in [6.07, 6.45) is 9.00.